The molecule has 0 heterocycles. The number of ether oxygens (including phenoxy) is 1. The zero-order valence-electron chi connectivity index (χ0n) is 17.0. The van der Waals surface area contributed by atoms with Gasteiger partial charge in [0.1, 0.15) is 0 Å². The van der Waals surface area contributed by atoms with Gasteiger partial charge < -0.3 is 9.64 Å². The van der Waals surface area contributed by atoms with Crippen molar-refractivity contribution in [3.8, 4) is 0 Å². The van der Waals surface area contributed by atoms with Crippen LogP contribution in [0.4, 0.5) is 0 Å². The van der Waals surface area contributed by atoms with E-state index >= 15 is 0 Å². The van der Waals surface area contributed by atoms with Gasteiger partial charge in [0.2, 0.25) is 0 Å². The van der Waals surface area contributed by atoms with Gasteiger partial charge in [-0.3, -0.25) is 14.4 Å². The fourth-order valence-electron chi connectivity index (χ4n) is 3.66. The van der Waals surface area contributed by atoms with Crippen molar-refractivity contribution >= 4 is 17.7 Å². The van der Waals surface area contributed by atoms with E-state index in [-0.39, 0.29) is 24.5 Å². The number of carbonyl (C=O) groups excluding carboxylic acids is 3. The second-order valence-corrected chi connectivity index (χ2v) is 7.57. The van der Waals surface area contributed by atoms with Gasteiger partial charge in [0.25, 0.3) is 5.91 Å². The third-order valence-electron chi connectivity index (χ3n) is 5.27. The van der Waals surface area contributed by atoms with Gasteiger partial charge in [-0.2, -0.15) is 0 Å². The van der Waals surface area contributed by atoms with Crippen LogP contribution < -0.4 is 0 Å². The number of rotatable bonds is 8. The van der Waals surface area contributed by atoms with Crippen molar-refractivity contribution < 1.29 is 19.1 Å². The molecule has 152 valence electrons. The fourth-order valence-corrected chi connectivity index (χ4v) is 3.66. The summed E-state index contributed by atoms with van der Waals surface area (Å²) in [5.74, 6) is -0.877. The molecule has 0 aromatic heterocycles. The lowest BCUT2D eigenvalue weighted by molar-refractivity contribution is -0.158. The minimum atomic E-state index is -0.883. The highest BCUT2D eigenvalue weighted by Crippen LogP contribution is 2.23. The number of nitrogens with zero attached hydrogens (tertiary/aromatic N) is 1. The highest BCUT2D eigenvalue weighted by Gasteiger charge is 2.22. The Labute approximate surface area is 171 Å². The maximum Gasteiger partial charge on any atom is 0.307 e. The van der Waals surface area contributed by atoms with E-state index in [9.17, 15) is 14.4 Å². The van der Waals surface area contributed by atoms with E-state index in [4.69, 9.17) is 4.74 Å². The summed E-state index contributed by atoms with van der Waals surface area (Å²) in [6, 6.07) is 15.4. The lowest BCUT2D eigenvalue weighted by atomic mass is 10.0. The third kappa shape index (κ3) is 5.53. The molecule has 0 aliphatic heterocycles. The van der Waals surface area contributed by atoms with Crippen LogP contribution in [0, 0.1) is 0 Å². The molecule has 1 aliphatic rings. The summed E-state index contributed by atoms with van der Waals surface area (Å²) in [7, 11) is 1.68. The SMILES string of the molecule is C[C@H](OC(=O)CCC(=O)c1ccc2c(c1)CCC2)C(=O)N(C)Cc1ccccc1. The Bertz CT molecular complexity index is 891. The molecule has 2 aromatic carbocycles. The molecule has 0 spiro atoms. The number of hydrogen-bond donors (Lipinski definition) is 0. The number of carbonyl (C=O) groups is 3. The molecule has 0 saturated carbocycles. The lowest BCUT2D eigenvalue weighted by Crippen LogP contribution is -2.37. The first-order valence-electron chi connectivity index (χ1n) is 10.1. The summed E-state index contributed by atoms with van der Waals surface area (Å²) < 4.78 is 5.25. The average molecular weight is 393 g/mol. The number of benzene rings is 2. The second-order valence-electron chi connectivity index (χ2n) is 7.57. The van der Waals surface area contributed by atoms with Gasteiger partial charge in [0.05, 0.1) is 6.42 Å². The van der Waals surface area contributed by atoms with Crippen LogP contribution in [-0.4, -0.2) is 35.7 Å². The van der Waals surface area contributed by atoms with E-state index in [1.807, 2.05) is 48.5 Å². The molecule has 2 aromatic rings. The number of amides is 1. The minimum Gasteiger partial charge on any atom is -0.453 e. The van der Waals surface area contributed by atoms with E-state index in [0.29, 0.717) is 12.1 Å². The first kappa shape index (κ1) is 20.8. The fraction of sp³-hybridized carbons (Fsp3) is 0.375. The van der Waals surface area contributed by atoms with Crippen LogP contribution in [0.25, 0.3) is 0 Å². The summed E-state index contributed by atoms with van der Waals surface area (Å²) in [5, 5.41) is 0. The lowest BCUT2D eigenvalue weighted by Gasteiger charge is -2.21. The molecular weight excluding hydrogens is 366 g/mol. The van der Waals surface area contributed by atoms with Gasteiger partial charge in [-0.25, -0.2) is 0 Å². The van der Waals surface area contributed by atoms with Crippen LogP contribution in [-0.2, 0) is 33.7 Å². The van der Waals surface area contributed by atoms with Gasteiger partial charge in [0.15, 0.2) is 11.9 Å². The summed E-state index contributed by atoms with van der Waals surface area (Å²) >= 11 is 0. The van der Waals surface area contributed by atoms with E-state index < -0.39 is 12.1 Å². The average Bonchev–Trinajstić information content (AvgIpc) is 3.20. The number of ketones is 1. The second kappa shape index (κ2) is 9.50. The molecule has 5 nitrogen and oxygen atoms in total. The van der Waals surface area contributed by atoms with Crippen LogP contribution in [0.1, 0.15) is 53.2 Å². The Kier molecular flexibility index (Phi) is 6.81. The van der Waals surface area contributed by atoms with Crippen molar-refractivity contribution in [3.63, 3.8) is 0 Å². The molecule has 1 aliphatic carbocycles. The van der Waals surface area contributed by atoms with Crippen molar-refractivity contribution in [2.75, 3.05) is 7.05 Å². The van der Waals surface area contributed by atoms with E-state index in [1.54, 1.807) is 14.0 Å². The Morgan fingerprint density at radius 1 is 1.00 bits per heavy atom. The van der Waals surface area contributed by atoms with Gasteiger partial charge >= 0.3 is 5.97 Å². The molecule has 5 heteroatoms. The largest absolute Gasteiger partial charge is 0.453 e. The smallest absolute Gasteiger partial charge is 0.307 e. The first-order valence-corrected chi connectivity index (χ1v) is 10.1. The topological polar surface area (TPSA) is 63.7 Å². The van der Waals surface area contributed by atoms with Crippen LogP contribution in [0.5, 0.6) is 0 Å². The Morgan fingerprint density at radius 3 is 2.48 bits per heavy atom. The highest BCUT2D eigenvalue weighted by molar-refractivity contribution is 5.98. The van der Waals surface area contributed by atoms with Gasteiger partial charge in [-0.15, -0.1) is 0 Å². The van der Waals surface area contributed by atoms with Gasteiger partial charge in [0, 0.05) is 25.6 Å². The predicted molar refractivity (Wildman–Crippen MR) is 111 cm³/mol. The number of Topliss-reactive ketones (excluding diaryl/α,β-unsaturated/α-hetero) is 1. The van der Waals surface area contributed by atoms with E-state index in [1.165, 1.54) is 16.0 Å². The molecular formula is C24H27NO4. The van der Waals surface area contributed by atoms with Gasteiger partial charge in [-0.05, 0) is 48.9 Å². The monoisotopic (exact) mass is 393 g/mol. The predicted octanol–water partition coefficient (Wildman–Crippen LogP) is 3.73. The number of aryl methyl sites for hydroxylation is 2. The molecule has 3 rings (SSSR count). The molecule has 29 heavy (non-hydrogen) atoms. The highest BCUT2D eigenvalue weighted by atomic mass is 16.5. The quantitative estimate of drug-likeness (QED) is 0.506. The number of fused-ring (bicyclic) bond motifs is 1. The number of likely N-dealkylation sites (N-methyl/N-ethyl adjacent to an activating group) is 1. The van der Waals surface area contributed by atoms with Crippen LogP contribution in [0.3, 0.4) is 0 Å². The maximum atomic E-state index is 12.4. The third-order valence-corrected chi connectivity index (χ3v) is 5.27. The summed E-state index contributed by atoms with van der Waals surface area (Å²) in [4.78, 5) is 38.5. The molecule has 1 atom stereocenters. The van der Waals surface area contributed by atoms with Crippen molar-refractivity contribution in [1.82, 2.24) is 4.90 Å². The minimum absolute atomic E-state index is 0.0318. The number of esters is 1. The molecule has 0 unspecified atom stereocenters. The van der Waals surface area contributed by atoms with Crippen molar-refractivity contribution in [2.45, 2.75) is 51.7 Å². The molecule has 0 fully saturated rings. The van der Waals surface area contributed by atoms with E-state index in [0.717, 1.165) is 24.8 Å². The molecule has 0 bridgehead atoms. The molecule has 1 amide bonds. The van der Waals surface area contributed by atoms with Crippen molar-refractivity contribution in [3.05, 3.63) is 70.8 Å². The summed E-state index contributed by atoms with van der Waals surface area (Å²) in [6.07, 6.45) is 2.37. The van der Waals surface area contributed by atoms with Crippen LogP contribution in [0.15, 0.2) is 48.5 Å². The van der Waals surface area contributed by atoms with Crippen LogP contribution in [0.2, 0.25) is 0 Å². The summed E-state index contributed by atoms with van der Waals surface area (Å²) in [6.45, 7) is 2.00. The van der Waals surface area contributed by atoms with Crippen LogP contribution >= 0.6 is 0 Å². The van der Waals surface area contributed by atoms with Crippen molar-refractivity contribution in [2.24, 2.45) is 0 Å². The van der Waals surface area contributed by atoms with Gasteiger partial charge in [-0.1, -0.05) is 42.5 Å². The zero-order chi connectivity index (χ0) is 20.8. The Balaban J connectivity index is 1.45. The Morgan fingerprint density at radius 2 is 1.72 bits per heavy atom. The summed E-state index contributed by atoms with van der Waals surface area (Å²) in [5.41, 5.74) is 4.19. The normalized spacial score (nSPS) is 13.4. The van der Waals surface area contributed by atoms with Crippen molar-refractivity contribution in [1.29, 1.82) is 0 Å². The zero-order valence-corrected chi connectivity index (χ0v) is 17.0. The standard InChI is InChI=1S/C24H27NO4/c1-17(24(28)25(2)16-18-7-4-3-5-8-18)29-23(27)14-13-22(26)21-12-11-19-9-6-10-20(19)15-21/h3-5,7-8,11-12,15,17H,6,9-10,13-14,16H2,1-2H3/t17-/m0/s1. The first-order chi connectivity index (χ1) is 13.9. The maximum absolute atomic E-state index is 12.4. The molecule has 0 N–H and O–H groups in total. The molecule has 0 saturated heterocycles. The van der Waals surface area contributed by atoms with E-state index in [2.05, 4.69) is 0 Å². The Hall–Kier alpha value is -2.95. The number of hydrogen-bond acceptors (Lipinski definition) is 4. The molecule has 0 radical (unpaired) electrons.